The number of nitrogens with zero attached hydrogens (tertiary/aromatic N) is 1. The molecule has 2 aromatic rings. The van der Waals surface area contributed by atoms with E-state index in [1.165, 1.54) is 0 Å². The normalized spacial score (nSPS) is 17.4. The van der Waals surface area contributed by atoms with Gasteiger partial charge in [-0.2, -0.15) is 0 Å². The zero-order valence-electron chi connectivity index (χ0n) is 10.4. The molecule has 1 unspecified atom stereocenters. The first kappa shape index (κ1) is 11.4. The Morgan fingerprint density at radius 1 is 1.39 bits per heavy atom. The van der Waals surface area contributed by atoms with Crippen molar-refractivity contribution < 1.29 is 4.79 Å². The Hall–Kier alpha value is -1.74. The summed E-state index contributed by atoms with van der Waals surface area (Å²) in [5, 5.41) is 4.24. The molecule has 1 atom stereocenters. The molecule has 0 bridgehead atoms. The predicted octanol–water partition coefficient (Wildman–Crippen LogP) is 2.27. The molecule has 0 saturated carbocycles. The van der Waals surface area contributed by atoms with Crippen molar-refractivity contribution in [1.82, 2.24) is 10.3 Å². The number of carbonyl (C=O) groups is 1. The van der Waals surface area contributed by atoms with Crippen LogP contribution in [-0.4, -0.2) is 23.9 Å². The van der Waals surface area contributed by atoms with Crippen LogP contribution in [0.2, 0.25) is 0 Å². The van der Waals surface area contributed by atoms with Crippen molar-refractivity contribution in [2.75, 3.05) is 13.1 Å². The molecule has 1 aromatic carbocycles. The second-order valence-corrected chi connectivity index (χ2v) is 4.99. The fourth-order valence-electron chi connectivity index (χ4n) is 2.35. The number of carbonyl (C=O) groups excluding carboxylic acids is 1. The standard InChI is InChI=1S/C15H16N2O/c1-10(13-7-16-8-13)15(18)12-6-11-4-2-3-5-14(11)17-9-12/h2-6,9-10,13,16H,7-8H2,1H3. The molecule has 3 nitrogen and oxygen atoms in total. The summed E-state index contributed by atoms with van der Waals surface area (Å²) in [4.78, 5) is 16.7. The Bertz CT molecular complexity index is 590. The summed E-state index contributed by atoms with van der Waals surface area (Å²) in [6, 6.07) is 9.84. The molecule has 3 heteroatoms. The van der Waals surface area contributed by atoms with Crippen LogP contribution in [0.5, 0.6) is 0 Å². The van der Waals surface area contributed by atoms with Crippen LogP contribution in [0.4, 0.5) is 0 Å². The number of Topliss-reactive ketones (excluding diaryl/α,β-unsaturated/α-hetero) is 1. The topological polar surface area (TPSA) is 42.0 Å². The Morgan fingerprint density at radius 3 is 2.89 bits per heavy atom. The molecule has 0 radical (unpaired) electrons. The molecule has 3 rings (SSSR count). The first-order valence-corrected chi connectivity index (χ1v) is 6.35. The highest BCUT2D eigenvalue weighted by Crippen LogP contribution is 2.22. The lowest BCUT2D eigenvalue weighted by Crippen LogP contribution is -2.47. The average molecular weight is 240 g/mol. The van der Waals surface area contributed by atoms with Crippen LogP contribution in [-0.2, 0) is 0 Å². The average Bonchev–Trinajstić information content (AvgIpc) is 2.35. The van der Waals surface area contributed by atoms with Gasteiger partial charge in [0.15, 0.2) is 5.78 Å². The minimum atomic E-state index is 0.0780. The number of rotatable bonds is 3. The molecule has 0 spiro atoms. The van der Waals surface area contributed by atoms with Gasteiger partial charge in [0, 0.05) is 23.1 Å². The van der Waals surface area contributed by atoms with Crippen molar-refractivity contribution in [2.45, 2.75) is 6.92 Å². The van der Waals surface area contributed by atoms with Gasteiger partial charge in [0.2, 0.25) is 0 Å². The van der Waals surface area contributed by atoms with E-state index in [1.54, 1.807) is 6.20 Å². The first-order valence-electron chi connectivity index (χ1n) is 6.35. The Morgan fingerprint density at radius 2 is 2.17 bits per heavy atom. The molecule has 1 saturated heterocycles. The zero-order chi connectivity index (χ0) is 12.5. The van der Waals surface area contributed by atoms with E-state index < -0.39 is 0 Å². The molecule has 1 N–H and O–H groups in total. The summed E-state index contributed by atoms with van der Waals surface area (Å²) in [6.07, 6.45) is 1.70. The van der Waals surface area contributed by atoms with E-state index in [4.69, 9.17) is 0 Å². The van der Waals surface area contributed by atoms with Gasteiger partial charge in [-0.15, -0.1) is 0 Å². The number of para-hydroxylation sites is 1. The van der Waals surface area contributed by atoms with Crippen molar-refractivity contribution in [3.63, 3.8) is 0 Å². The summed E-state index contributed by atoms with van der Waals surface area (Å²) < 4.78 is 0. The van der Waals surface area contributed by atoms with E-state index in [1.807, 2.05) is 37.3 Å². The summed E-state index contributed by atoms with van der Waals surface area (Å²) in [7, 11) is 0. The van der Waals surface area contributed by atoms with Gasteiger partial charge >= 0.3 is 0 Å². The largest absolute Gasteiger partial charge is 0.316 e. The van der Waals surface area contributed by atoms with Crippen LogP contribution < -0.4 is 5.32 Å². The maximum absolute atomic E-state index is 12.4. The number of ketones is 1. The van der Waals surface area contributed by atoms with Gasteiger partial charge in [-0.3, -0.25) is 9.78 Å². The van der Waals surface area contributed by atoms with Crippen LogP contribution in [0.3, 0.4) is 0 Å². The van der Waals surface area contributed by atoms with Gasteiger partial charge in [0.1, 0.15) is 0 Å². The van der Waals surface area contributed by atoms with Gasteiger partial charge in [-0.05, 0) is 31.1 Å². The van der Waals surface area contributed by atoms with E-state index in [0.29, 0.717) is 5.92 Å². The van der Waals surface area contributed by atoms with Gasteiger partial charge in [0.05, 0.1) is 5.52 Å². The van der Waals surface area contributed by atoms with E-state index in [2.05, 4.69) is 10.3 Å². The third-order valence-corrected chi connectivity index (χ3v) is 3.81. The number of aromatic nitrogens is 1. The monoisotopic (exact) mass is 240 g/mol. The van der Waals surface area contributed by atoms with E-state index in [-0.39, 0.29) is 11.7 Å². The Kier molecular flexibility index (Phi) is 2.84. The Labute approximate surface area is 106 Å². The zero-order valence-corrected chi connectivity index (χ0v) is 10.4. The quantitative estimate of drug-likeness (QED) is 0.837. The molecule has 0 aliphatic carbocycles. The van der Waals surface area contributed by atoms with Crippen molar-refractivity contribution in [3.05, 3.63) is 42.1 Å². The predicted molar refractivity (Wildman–Crippen MR) is 71.6 cm³/mol. The lowest BCUT2D eigenvalue weighted by Gasteiger charge is -2.31. The maximum atomic E-state index is 12.4. The molecule has 1 aliphatic rings. The molecular weight excluding hydrogens is 224 g/mol. The van der Waals surface area contributed by atoms with Crippen molar-refractivity contribution in [3.8, 4) is 0 Å². The Balaban J connectivity index is 1.91. The molecule has 1 fully saturated rings. The van der Waals surface area contributed by atoms with Crippen LogP contribution >= 0.6 is 0 Å². The van der Waals surface area contributed by atoms with Crippen LogP contribution in [0.25, 0.3) is 10.9 Å². The third-order valence-electron chi connectivity index (χ3n) is 3.81. The maximum Gasteiger partial charge on any atom is 0.167 e. The van der Waals surface area contributed by atoms with Crippen molar-refractivity contribution in [1.29, 1.82) is 0 Å². The summed E-state index contributed by atoms with van der Waals surface area (Å²) in [6.45, 7) is 3.92. The minimum absolute atomic E-state index is 0.0780. The molecule has 1 aliphatic heterocycles. The number of fused-ring (bicyclic) bond motifs is 1. The summed E-state index contributed by atoms with van der Waals surface area (Å²) in [5.41, 5.74) is 1.67. The lowest BCUT2D eigenvalue weighted by atomic mass is 9.84. The van der Waals surface area contributed by atoms with Crippen molar-refractivity contribution >= 4 is 16.7 Å². The first-order chi connectivity index (χ1) is 8.75. The number of pyridine rings is 1. The summed E-state index contributed by atoms with van der Waals surface area (Å²) in [5.74, 6) is 0.762. The van der Waals surface area contributed by atoms with Gasteiger partial charge in [-0.25, -0.2) is 0 Å². The second-order valence-electron chi connectivity index (χ2n) is 4.99. The van der Waals surface area contributed by atoms with Gasteiger partial charge in [-0.1, -0.05) is 25.1 Å². The van der Waals surface area contributed by atoms with Crippen LogP contribution in [0, 0.1) is 11.8 Å². The van der Waals surface area contributed by atoms with Crippen molar-refractivity contribution in [2.24, 2.45) is 11.8 Å². The SMILES string of the molecule is CC(C(=O)c1cnc2ccccc2c1)C1CNC1. The number of hydrogen-bond donors (Lipinski definition) is 1. The summed E-state index contributed by atoms with van der Waals surface area (Å²) >= 11 is 0. The molecule has 92 valence electrons. The highest BCUT2D eigenvalue weighted by atomic mass is 16.1. The van der Waals surface area contributed by atoms with E-state index >= 15 is 0 Å². The molecule has 1 aromatic heterocycles. The van der Waals surface area contributed by atoms with E-state index in [9.17, 15) is 4.79 Å². The highest BCUT2D eigenvalue weighted by Gasteiger charge is 2.29. The van der Waals surface area contributed by atoms with Gasteiger partial charge < -0.3 is 5.32 Å². The molecule has 0 amide bonds. The lowest BCUT2D eigenvalue weighted by molar-refractivity contribution is 0.0854. The van der Waals surface area contributed by atoms with Crippen LogP contribution in [0.15, 0.2) is 36.5 Å². The minimum Gasteiger partial charge on any atom is -0.316 e. The second kappa shape index (κ2) is 4.50. The molecule has 2 heterocycles. The third kappa shape index (κ3) is 1.91. The number of hydrogen-bond acceptors (Lipinski definition) is 3. The van der Waals surface area contributed by atoms with Crippen LogP contribution in [0.1, 0.15) is 17.3 Å². The van der Waals surface area contributed by atoms with E-state index in [0.717, 1.165) is 29.6 Å². The fourth-order valence-corrected chi connectivity index (χ4v) is 2.35. The number of benzene rings is 1. The highest BCUT2D eigenvalue weighted by molar-refractivity contribution is 6.00. The smallest absolute Gasteiger partial charge is 0.167 e. The van der Waals surface area contributed by atoms with Gasteiger partial charge in [0.25, 0.3) is 0 Å². The number of nitrogens with one attached hydrogen (secondary N) is 1. The fraction of sp³-hybridized carbons (Fsp3) is 0.333. The molecule has 18 heavy (non-hydrogen) atoms. The molecular formula is C15H16N2O.